The molecule has 0 saturated carbocycles. The molecule has 1 aromatic heterocycles. The number of urea groups is 1. The summed E-state index contributed by atoms with van der Waals surface area (Å²) in [6.07, 6.45) is 4.79. The number of anilines is 1. The van der Waals surface area contributed by atoms with Crippen LogP contribution in [-0.2, 0) is 7.05 Å². The zero-order chi connectivity index (χ0) is 17.8. The fourth-order valence-corrected chi connectivity index (χ4v) is 3.24. The summed E-state index contributed by atoms with van der Waals surface area (Å²) in [7, 11) is 3.49. The van der Waals surface area contributed by atoms with Gasteiger partial charge in [-0.1, -0.05) is 0 Å². The molecule has 2 N–H and O–H groups in total. The summed E-state index contributed by atoms with van der Waals surface area (Å²) in [5, 5.41) is 9.73. The second kappa shape index (κ2) is 7.38. The molecule has 2 heterocycles. The second-order valence-electron chi connectivity index (χ2n) is 6.17. The first-order chi connectivity index (χ1) is 12.1. The number of amides is 3. The van der Waals surface area contributed by atoms with Gasteiger partial charge in [0.05, 0.1) is 11.7 Å². The number of rotatable bonds is 3. The molecule has 2 aromatic rings. The monoisotopic (exact) mass is 341 g/mol. The van der Waals surface area contributed by atoms with Crippen LogP contribution in [0.15, 0.2) is 36.5 Å². The highest BCUT2D eigenvalue weighted by Crippen LogP contribution is 2.31. The molecule has 1 aromatic carbocycles. The lowest BCUT2D eigenvalue weighted by molar-refractivity contribution is 0.0963. The number of carbonyl (C=O) groups is 2. The summed E-state index contributed by atoms with van der Waals surface area (Å²) in [6.45, 7) is 0.720. The summed E-state index contributed by atoms with van der Waals surface area (Å²) in [5.41, 5.74) is 2.28. The quantitative estimate of drug-likeness (QED) is 0.900. The molecule has 1 unspecified atom stereocenters. The van der Waals surface area contributed by atoms with Crippen molar-refractivity contribution in [2.24, 2.45) is 7.05 Å². The number of piperidine rings is 1. The standard InChI is InChI=1S/C18H23N5O2/c1-19-17(24)13-6-8-14(9-7-13)21-18(25)23-12-4-3-5-16(23)15-10-11-20-22(15)2/h6-11,16H,3-5,12H2,1-2H3,(H,19,24)(H,21,25). The highest BCUT2D eigenvalue weighted by atomic mass is 16.2. The number of hydrogen-bond acceptors (Lipinski definition) is 3. The van der Waals surface area contributed by atoms with Gasteiger partial charge in [0.25, 0.3) is 5.91 Å². The second-order valence-corrected chi connectivity index (χ2v) is 6.17. The molecule has 1 aliphatic rings. The van der Waals surface area contributed by atoms with Crippen LogP contribution in [0.1, 0.15) is 41.4 Å². The highest BCUT2D eigenvalue weighted by Gasteiger charge is 2.29. The third-order valence-corrected chi connectivity index (χ3v) is 4.59. The Balaban J connectivity index is 1.72. The van der Waals surface area contributed by atoms with Crippen molar-refractivity contribution in [3.05, 3.63) is 47.8 Å². The lowest BCUT2D eigenvalue weighted by Crippen LogP contribution is -2.41. The van der Waals surface area contributed by atoms with E-state index in [0.29, 0.717) is 11.3 Å². The zero-order valence-corrected chi connectivity index (χ0v) is 14.5. The van der Waals surface area contributed by atoms with Gasteiger partial charge in [-0.3, -0.25) is 9.48 Å². The lowest BCUT2D eigenvalue weighted by atomic mass is 9.99. The molecule has 0 radical (unpaired) electrons. The van der Waals surface area contributed by atoms with E-state index in [1.807, 2.05) is 22.7 Å². The number of nitrogens with one attached hydrogen (secondary N) is 2. The van der Waals surface area contributed by atoms with Crippen molar-refractivity contribution in [2.45, 2.75) is 25.3 Å². The van der Waals surface area contributed by atoms with E-state index >= 15 is 0 Å². The zero-order valence-electron chi connectivity index (χ0n) is 14.5. The van der Waals surface area contributed by atoms with Gasteiger partial charge in [0, 0.05) is 38.1 Å². The van der Waals surface area contributed by atoms with Crippen molar-refractivity contribution in [1.29, 1.82) is 0 Å². The van der Waals surface area contributed by atoms with E-state index in [1.165, 1.54) is 0 Å². The molecule has 0 bridgehead atoms. The summed E-state index contributed by atoms with van der Waals surface area (Å²) in [5.74, 6) is -0.148. The maximum Gasteiger partial charge on any atom is 0.322 e. The van der Waals surface area contributed by atoms with E-state index in [0.717, 1.165) is 31.5 Å². The van der Waals surface area contributed by atoms with E-state index in [1.54, 1.807) is 37.5 Å². The van der Waals surface area contributed by atoms with Crippen LogP contribution in [0.4, 0.5) is 10.5 Å². The van der Waals surface area contributed by atoms with Crippen LogP contribution in [0, 0.1) is 0 Å². The Hall–Kier alpha value is -2.83. The number of aromatic nitrogens is 2. The molecule has 7 nitrogen and oxygen atoms in total. The Labute approximate surface area is 147 Å². The van der Waals surface area contributed by atoms with Crippen LogP contribution >= 0.6 is 0 Å². The molecule has 132 valence electrons. The first-order valence-corrected chi connectivity index (χ1v) is 8.48. The highest BCUT2D eigenvalue weighted by molar-refractivity contribution is 5.95. The minimum Gasteiger partial charge on any atom is -0.355 e. The van der Waals surface area contributed by atoms with Crippen molar-refractivity contribution in [1.82, 2.24) is 20.0 Å². The molecule has 1 saturated heterocycles. The molecule has 1 fully saturated rings. The number of aryl methyl sites for hydroxylation is 1. The third-order valence-electron chi connectivity index (χ3n) is 4.59. The number of benzene rings is 1. The molecule has 0 spiro atoms. The maximum atomic E-state index is 12.8. The number of hydrogen-bond donors (Lipinski definition) is 2. The minimum absolute atomic E-state index is 0.0337. The summed E-state index contributed by atoms with van der Waals surface area (Å²) >= 11 is 0. The van der Waals surface area contributed by atoms with Gasteiger partial charge in [-0.05, 0) is 49.6 Å². The van der Waals surface area contributed by atoms with Crippen molar-refractivity contribution < 1.29 is 9.59 Å². The normalized spacial score (nSPS) is 17.2. The molecule has 25 heavy (non-hydrogen) atoms. The van der Waals surface area contributed by atoms with E-state index in [2.05, 4.69) is 15.7 Å². The van der Waals surface area contributed by atoms with Gasteiger partial charge >= 0.3 is 6.03 Å². The van der Waals surface area contributed by atoms with Gasteiger partial charge in [-0.2, -0.15) is 5.10 Å². The van der Waals surface area contributed by atoms with E-state index in [9.17, 15) is 9.59 Å². The van der Waals surface area contributed by atoms with Crippen LogP contribution in [-0.4, -0.2) is 40.2 Å². The first-order valence-electron chi connectivity index (χ1n) is 8.48. The molecular formula is C18H23N5O2. The molecule has 0 aliphatic carbocycles. The van der Waals surface area contributed by atoms with Gasteiger partial charge in [0.2, 0.25) is 0 Å². The minimum atomic E-state index is -0.148. The predicted octanol–water partition coefficient (Wildman–Crippen LogP) is 2.54. The number of carbonyl (C=O) groups excluding carboxylic acids is 2. The molecule has 1 atom stereocenters. The van der Waals surface area contributed by atoms with Crippen molar-refractivity contribution in [3.8, 4) is 0 Å². The van der Waals surface area contributed by atoms with Gasteiger partial charge in [-0.15, -0.1) is 0 Å². The number of nitrogens with zero attached hydrogens (tertiary/aromatic N) is 3. The fraction of sp³-hybridized carbons (Fsp3) is 0.389. The Morgan fingerprint density at radius 3 is 2.56 bits per heavy atom. The molecule has 7 heteroatoms. The molecule has 1 aliphatic heterocycles. The summed E-state index contributed by atoms with van der Waals surface area (Å²) in [6, 6.07) is 8.75. The lowest BCUT2D eigenvalue weighted by Gasteiger charge is -2.35. The van der Waals surface area contributed by atoms with E-state index in [-0.39, 0.29) is 18.0 Å². The average Bonchev–Trinajstić information content (AvgIpc) is 3.07. The topological polar surface area (TPSA) is 79.3 Å². The fourth-order valence-electron chi connectivity index (χ4n) is 3.24. The van der Waals surface area contributed by atoms with Crippen molar-refractivity contribution in [3.63, 3.8) is 0 Å². The largest absolute Gasteiger partial charge is 0.355 e. The van der Waals surface area contributed by atoms with Crippen LogP contribution < -0.4 is 10.6 Å². The Kier molecular flexibility index (Phi) is 5.02. The van der Waals surface area contributed by atoms with Crippen LogP contribution in [0.2, 0.25) is 0 Å². The molecule has 3 amide bonds. The van der Waals surface area contributed by atoms with Crippen LogP contribution in [0.25, 0.3) is 0 Å². The smallest absolute Gasteiger partial charge is 0.322 e. The SMILES string of the molecule is CNC(=O)c1ccc(NC(=O)N2CCCCC2c2ccnn2C)cc1. The Morgan fingerprint density at radius 1 is 1.16 bits per heavy atom. The predicted molar refractivity (Wildman–Crippen MR) is 95.4 cm³/mol. The molecular weight excluding hydrogens is 318 g/mol. The molecule has 3 rings (SSSR count). The average molecular weight is 341 g/mol. The van der Waals surface area contributed by atoms with Crippen LogP contribution in [0.3, 0.4) is 0 Å². The van der Waals surface area contributed by atoms with E-state index < -0.39 is 0 Å². The van der Waals surface area contributed by atoms with Crippen molar-refractivity contribution >= 4 is 17.6 Å². The maximum absolute atomic E-state index is 12.8. The van der Waals surface area contributed by atoms with Gasteiger partial charge < -0.3 is 15.5 Å². The third kappa shape index (κ3) is 3.65. The summed E-state index contributed by atoms with van der Waals surface area (Å²) < 4.78 is 1.83. The number of likely N-dealkylation sites (tertiary alicyclic amines) is 1. The Bertz CT molecular complexity index is 753. The van der Waals surface area contributed by atoms with Crippen LogP contribution in [0.5, 0.6) is 0 Å². The Morgan fingerprint density at radius 2 is 1.92 bits per heavy atom. The van der Waals surface area contributed by atoms with Crippen molar-refractivity contribution in [2.75, 3.05) is 18.9 Å². The van der Waals surface area contributed by atoms with Gasteiger partial charge in [0.15, 0.2) is 0 Å². The van der Waals surface area contributed by atoms with Gasteiger partial charge in [0.1, 0.15) is 0 Å². The van der Waals surface area contributed by atoms with Gasteiger partial charge in [-0.25, -0.2) is 4.79 Å². The first kappa shape index (κ1) is 17.0. The summed E-state index contributed by atoms with van der Waals surface area (Å²) in [4.78, 5) is 26.2. The van der Waals surface area contributed by atoms with E-state index in [4.69, 9.17) is 0 Å².